The zero-order valence-electron chi connectivity index (χ0n) is 15.5. The summed E-state index contributed by atoms with van der Waals surface area (Å²) in [6.45, 7) is 0. The van der Waals surface area contributed by atoms with Gasteiger partial charge in [0.25, 0.3) is 0 Å². The molecule has 2 unspecified atom stereocenters. The number of imidazole rings is 1. The number of anilines is 1. The van der Waals surface area contributed by atoms with E-state index >= 15 is 4.39 Å². The number of halogens is 1. The summed E-state index contributed by atoms with van der Waals surface area (Å²) in [5, 5.41) is 15.5. The highest BCUT2D eigenvalue weighted by Crippen LogP contribution is 2.59. The molecule has 144 valence electrons. The molecule has 0 saturated heterocycles. The Morgan fingerprint density at radius 1 is 1.21 bits per heavy atom. The van der Waals surface area contributed by atoms with Crippen LogP contribution in [0, 0.1) is 11.8 Å². The van der Waals surface area contributed by atoms with Crippen LogP contribution in [0.4, 0.5) is 16.0 Å². The normalized spacial score (nSPS) is 35.2. The second-order valence-corrected chi connectivity index (χ2v) is 9.11. The topological polar surface area (TPSA) is 85.7 Å². The number of aromatic nitrogens is 2. The van der Waals surface area contributed by atoms with Gasteiger partial charge in [-0.2, -0.15) is 4.98 Å². The fourth-order valence-electron chi connectivity index (χ4n) is 6.25. The van der Waals surface area contributed by atoms with Gasteiger partial charge < -0.3 is 15.4 Å². The predicted octanol–water partition coefficient (Wildman–Crippen LogP) is 2.71. The number of nitrogens with one attached hydrogen (secondary N) is 2. The standard InChI is InChI=1S/C21H22FN5O/c22-20-6-13-3-14(7-20)9-21(8-13,10-20)27-19-25-17(18(28)26-19)5-12-1-2-15-16(4-12)24-11-23-15/h1-2,4-5,11,13-14,28H,3,6-10H2,(H2,25,26,27)/b12-5+. The van der Waals surface area contributed by atoms with Crippen LogP contribution in [-0.2, 0) is 0 Å². The van der Waals surface area contributed by atoms with Gasteiger partial charge in [0.15, 0.2) is 0 Å². The molecule has 2 aromatic rings. The Labute approximate surface area is 161 Å². The third kappa shape index (κ3) is 2.56. The number of nitrogens with zero attached hydrogens (tertiary/aromatic N) is 3. The zero-order chi connectivity index (χ0) is 18.9. The number of aliphatic imine (C=N–C) groups is 1. The second kappa shape index (κ2) is 5.43. The summed E-state index contributed by atoms with van der Waals surface area (Å²) in [4.78, 5) is 15.8. The van der Waals surface area contributed by atoms with Gasteiger partial charge in [0.2, 0.25) is 11.8 Å². The van der Waals surface area contributed by atoms with Gasteiger partial charge in [0, 0.05) is 12.0 Å². The average Bonchev–Trinajstić information content (AvgIpc) is 3.18. The highest BCUT2D eigenvalue weighted by atomic mass is 19.1. The Bertz CT molecular complexity index is 1110. The first kappa shape index (κ1) is 16.3. The smallest absolute Gasteiger partial charge is 0.238 e. The van der Waals surface area contributed by atoms with E-state index in [9.17, 15) is 5.11 Å². The summed E-state index contributed by atoms with van der Waals surface area (Å²) in [5.74, 6) is 1.39. The summed E-state index contributed by atoms with van der Waals surface area (Å²) in [7, 11) is 0. The van der Waals surface area contributed by atoms with Gasteiger partial charge in [-0.3, -0.25) is 0 Å². The van der Waals surface area contributed by atoms with Crippen molar-refractivity contribution in [2.75, 3.05) is 5.32 Å². The maximum atomic E-state index is 15.2. The van der Waals surface area contributed by atoms with Crippen LogP contribution < -0.4 is 15.9 Å². The molecule has 0 amide bonds. The van der Waals surface area contributed by atoms with E-state index in [-0.39, 0.29) is 11.4 Å². The third-order valence-corrected chi connectivity index (χ3v) is 6.79. The van der Waals surface area contributed by atoms with E-state index in [1.54, 1.807) is 0 Å². The van der Waals surface area contributed by atoms with Crippen LogP contribution in [0.3, 0.4) is 0 Å². The summed E-state index contributed by atoms with van der Waals surface area (Å²) >= 11 is 0. The molecule has 4 aliphatic carbocycles. The lowest BCUT2D eigenvalue weighted by Gasteiger charge is -2.59. The number of fused-ring (bicyclic) bond motifs is 1. The van der Waals surface area contributed by atoms with Crippen molar-refractivity contribution in [3.8, 4) is 5.88 Å². The summed E-state index contributed by atoms with van der Waals surface area (Å²) < 4.78 is 15.2. The number of hydrogen-bond donors (Lipinski definition) is 3. The number of H-pyrrole nitrogens is 1. The van der Waals surface area contributed by atoms with E-state index in [0.29, 0.717) is 42.7 Å². The summed E-state index contributed by atoms with van der Waals surface area (Å²) in [6.07, 6.45) is 8.46. The van der Waals surface area contributed by atoms with Gasteiger partial charge in [-0.25, -0.2) is 14.4 Å². The largest absolute Gasteiger partial charge is 0.492 e. The van der Waals surface area contributed by atoms with E-state index in [2.05, 4.69) is 25.3 Å². The van der Waals surface area contributed by atoms with E-state index in [4.69, 9.17) is 0 Å². The zero-order valence-corrected chi connectivity index (χ0v) is 15.5. The second-order valence-electron chi connectivity index (χ2n) is 9.11. The molecule has 1 aromatic carbocycles. The van der Waals surface area contributed by atoms with Crippen molar-refractivity contribution in [3.63, 3.8) is 0 Å². The molecule has 6 nitrogen and oxygen atoms in total. The first-order chi connectivity index (χ1) is 13.5. The number of hydrogen-bond acceptors (Lipinski definition) is 5. The van der Waals surface area contributed by atoms with Gasteiger partial charge in [-0.1, -0.05) is 6.07 Å². The van der Waals surface area contributed by atoms with Crippen molar-refractivity contribution in [1.82, 2.24) is 9.97 Å². The third-order valence-electron chi connectivity index (χ3n) is 6.79. The monoisotopic (exact) mass is 379 g/mol. The highest BCUT2D eigenvalue weighted by molar-refractivity contribution is 5.67. The molecule has 7 rings (SSSR count). The van der Waals surface area contributed by atoms with Crippen molar-refractivity contribution in [2.24, 2.45) is 21.8 Å². The molecule has 4 bridgehead atoms. The van der Waals surface area contributed by atoms with Crippen LogP contribution in [0.1, 0.15) is 44.2 Å². The molecular weight excluding hydrogens is 357 g/mol. The molecule has 3 N–H and O–H groups in total. The van der Waals surface area contributed by atoms with Crippen molar-refractivity contribution in [3.05, 3.63) is 34.5 Å². The predicted molar refractivity (Wildman–Crippen MR) is 104 cm³/mol. The average molecular weight is 379 g/mol. The van der Waals surface area contributed by atoms with Crippen LogP contribution in [0.5, 0.6) is 5.88 Å². The van der Waals surface area contributed by atoms with E-state index in [1.165, 1.54) is 6.34 Å². The minimum Gasteiger partial charge on any atom is -0.492 e. The van der Waals surface area contributed by atoms with Crippen molar-refractivity contribution < 1.29 is 9.50 Å². The number of aromatic hydroxyl groups is 1. The first-order valence-corrected chi connectivity index (χ1v) is 9.96. The number of aromatic amines is 1. The molecule has 2 atom stereocenters. The molecule has 2 heterocycles. The molecular formula is C21H22FN5O. The SMILES string of the molecule is Oc1nc(NC23CC4CC(CC(F)(C4)C2)C3)[nH]c1/C=c1\ccc2c(c1)N=CN=2. The number of benzene rings is 1. The van der Waals surface area contributed by atoms with Crippen LogP contribution in [0.2, 0.25) is 0 Å². The van der Waals surface area contributed by atoms with E-state index in [1.807, 2.05) is 24.3 Å². The maximum Gasteiger partial charge on any atom is 0.238 e. The molecule has 7 heteroatoms. The van der Waals surface area contributed by atoms with Crippen LogP contribution in [-0.4, -0.2) is 32.6 Å². The molecule has 0 spiro atoms. The highest BCUT2D eigenvalue weighted by Gasteiger charge is 2.58. The van der Waals surface area contributed by atoms with Crippen LogP contribution >= 0.6 is 0 Å². The Morgan fingerprint density at radius 3 is 2.82 bits per heavy atom. The molecule has 0 radical (unpaired) electrons. The van der Waals surface area contributed by atoms with Gasteiger partial charge in [0.1, 0.15) is 17.7 Å². The van der Waals surface area contributed by atoms with E-state index < -0.39 is 5.67 Å². The summed E-state index contributed by atoms with van der Waals surface area (Å²) in [5.41, 5.74) is 0.0647. The van der Waals surface area contributed by atoms with Crippen molar-refractivity contribution in [1.29, 1.82) is 0 Å². The minimum absolute atomic E-state index is 0.0594. The maximum absolute atomic E-state index is 15.2. The van der Waals surface area contributed by atoms with Crippen molar-refractivity contribution >= 4 is 24.1 Å². The first-order valence-electron chi connectivity index (χ1n) is 9.96. The van der Waals surface area contributed by atoms with Crippen molar-refractivity contribution in [2.45, 2.75) is 49.7 Å². The Kier molecular flexibility index (Phi) is 3.15. The Morgan fingerprint density at radius 2 is 2.04 bits per heavy atom. The van der Waals surface area contributed by atoms with Gasteiger partial charge in [-0.05, 0) is 67.4 Å². The fourth-order valence-corrected chi connectivity index (χ4v) is 6.25. The lowest BCUT2D eigenvalue weighted by atomic mass is 9.52. The minimum atomic E-state index is -1.03. The molecule has 1 aromatic heterocycles. The van der Waals surface area contributed by atoms with Crippen LogP contribution in [0.25, 0.3) is 6.08 Å². The number of rotatable bonds is 3. The molecule has 5 aliphatic rings. The molecule has 4 fully saturated rings. The molecule has 1 aliphatic heterocycles. The fraction of sp³-hybridized carbons (Fsp3) is 0.476. The molecule has 28 heavy (non-hydrogen) atoms. The van der Waals surface area contributed by atoms with Gasteiger partial charge in [0.05, 0.1) is 11.0 Å². The lowest BCUT2D eigenvalue weighted by molar-refractivity contribution is -0.0780. The Hall–Kier alpha value is -2.70. The van der Waals surface area contributed by atoms with Gasteiger partial charge >= 0.3 is 0 Å². The Balaban J connectivity index is 1.30. The molecule has 4 saturated carbocycles. The van der Waals surface area contributed by atoms with Gasteiger partial charge in [-0.15, -0.1) is 0 Å². The quantitative estimate of drug-likeness (QED) is 0.766. The number of alkyl halides is 1. The summed E-state index contributed by atoms with van der Waals surface area (Å²) in [6, 6.07) is 5.74. The van der Waals surface area contributed by atoms with Crippen LogP contribution in [0.15, 0.2) is 28.2 Å². The lowest BCUT2D eigenvalue weighted by Crippen LogP contribution is -2.60. The van der Waals surface area contributed by atoms with E-state index in [0.717, 1.165) is 35.5 Å².